The number of hydrogen-bond acceptors (Lipinski definition) is 6. The van der Waals surface area contributed by atoms with Crippen molar-refractivity contribution >= 4 is 27.5 Å². The van der Waals surface area contributed by atoms with Crippen molar-refractivity contribution in [1.29, 1.82) is 5.26 Å². The Morgan fingerprint density at radius 2 is 2.19 bits per heavy atom. The van der Waals surface area contributed by atoms with Gasteiger partial charge in [0.05, 0.1) is 10.2 Å². The molecule has 0 saturated carbocycles. The summed E-state index contributed by atoms with van der Waals surface area (Å²) in [5.41, 5.74) is 0.885. The number of thiazole rings is 1. The fraction of sp³-hybridized carbons (Fsp3) is 0.133. The number of fused-ring (bicyclic) bond motifs is 1. The maximum absolute atomic E-state index is 11.7. The molecule has 0 fully saturated rings. The predicted molar refractivity (Wildman–Crippen MR) is 77.8 cm³/mol. The average molecular weight is 298 g/mol. The van der Waals surface area contributed by atoms with Crippen LogP contribution in [0.25, 0.3) is 21.0 Å². The van der Waals surface area contributed by atoms with Crippen LogP contribution >= 0.6 is 11.3 Å². The summed E-state index contributed by atoms with van der Waals surface area (Å²) in [6, 6.07) is 12.8. The van der Waals surface area contributed by atoms with Gasteiger partial charge in [-0.25, -0.2) is 9.78 Å². The molecule has 0 amide bonds. The third kappa shape index (κ3) is 2.64. The Labute approximate surface area is 124 Å². The Bertz CT molecular complexity index is 811. The van der Waals surface area contributed by atoms with E-state index in [4.69, 9.17) is 14.4 Å². The lowest BCUT2D eigenvalue weighted by atomic mass is 10.3. The maximum Gasteiger partial charge on any atom is 0.375 e. The topological polar surface area (TPSA) is 76.1 Å². The number of furan rings is 1. The molecule has 0 radical (unpaired) electrons. The van der Waals surface area contributed by atoms with Crippen molar-refractivity contribution in [2.75, 3.05) is 0 Å². The number of para-hydroxylation sites is 1. The van der Waals surface area contributed by atoms with Crippen molar-refractivity contribution in [1.82, 2.24) is 4.98 Å². The zero-order chi connectivity index (χ0) is 14.8. The molecule has 0 spiro atoms. The second-order valence-electron chi connectivity index (χ2n) is 4.33. The molecule has 2 aromatic heterocycles. The van der Waals surface area contributed by atoms with Gasteiger partial charge in [0.15, 0.2) is 16.9 Å². The Kier molecular flexibility index (Phi) is 3.42. The second-order valence-corrected chi connectivity index (χ2v) is 5.36. The molecule has 1 atom stereocenters. The summed E-state index contributed by atoms with van der Waals surface area (Å²) in [5.74, 6) is -0.0875. The minimum atomic E-state index is -0.812. The molecule has 21 heavy (non-hydrogen) atoms. The quantitative estimate of drug-likeness (QED) is 0.690. The molecule has 0 N–H and O–H groups in total. The SMILES string of the molecule is C[C@@H](C#N)OC(=O)c1ccc(-c2nc3ccccc3s2)o1. The van der Waals surface area contributed by atoms with Crippen molar-refractivity contribution in [3.05, 3.63) is 42.2 Å². The largest absolute Gasteiger partial charge is 0.447 e. The molecular weight excluding hydrogens is 288 g/mol. The van der Waals surface area contributed by atoms with Crippen LogP contribution in [0.2, 0.25) is 0 Å². The number of esters is 1. The Balaban J connectivity index is 1.88. The van der Waals surface area contributed by atoms with Gasteiger partial charge in [-0.1, -0.05) is 12.1 Å². The van der Waals surface area contributed by atoms with Gasteiger partial charge in [0.25, 0.3) is 0 Å². The number of carbonyl (C=O) groups excluding carboxylic acids is 1. The van der Waals surface area contributed by atoms with Gasteiger partial charge in [-0.2, -0.15) is 5.26 Å². The summed E-state index contributed by atoms with van der Waals surface area (Å²) >= 11 is 1.48. The highest BCUT2D eigenvalue weighted by atomic mass is 32.1. The van der Waals surface area contributed by atoms with Crippen molar-refractivity contribution in [3.63, 3.8) is 0 Å². The molecular formula is C15H10N2O3S. The zero-order valence-electron chi connectivity index (χ0n) is 11.1. The first-order valence-corrected chi connectivity index (χ1v) is 7.05. The van der Waals surface area contributed by atoms with Gasteiger partial charge in [-0.3, -0.25) is 0 Å². The fourth-order valence-electron chi connectivity index (χ4n) is 1.79. The number of benzene rings is 1. The average Bonchev–Trinajstić information content (AvgIpc) is 3.13. The number of aromatic nitrogens is 1. The van der Waals surface area contributed by atoms with E-state index in [2.05, 4.69) is 4.98 Å². The fourth-order valence-corrected chi connectivity index (χ4v) is 2.71. The number of hydrogen-bond donors (Lipinski definition) is 0. The summed E-state index contributed by atoms with van der Waals surface area (Å²) in [5, 5.41) is 9.33. The smallest absolute Gasteiger partial charge is 0.375 e. The van der Waals surface area contributed by atoms with E-state index in [1.54, 1.807) is 6.07 Å². The van der Waals surface area contributed by atoms with Gasteiger partial charge in [0.1, 0.15) is 6.07 Å². The highest BCUT2D eigenvalue weighted by Crippen LogP contribution is 2.31. The standard InChI is InChI=1S/C15H10N2O3S/c1-9(8-16)19-15(18)12-7-6-11(20-12)14-17-10-4-2-3-5-13(10)21-14/h2-7,9H,1H3/t9-/m0/s1. The number of ether oxygens (including phenoxy) is 1. The molecule has 0 aliphatic rings. The van der Waals surface area contributed by atoms with Gasteiger partial charge in [0, 0.05) is 0 Å². The van der Waals surface area contributed by atoms with E-state index in [9.17, 15) is 4.79 Å². The number of nitriles is 1. The lowest BCUT2D eigenvalue weighted by molar-refractivity contribution is 0.0400. The molecule has 2 heterocycles. The normalized spacial score (nSPS) is 12.0. The monoisotopic (exact) mass is 298 g/mol. The van der Waals surface area contributed by atoms with Crippen LogP contribution in [-0.4, -0.2) is 17.1 Å². The maximum atomic E-state index is 11.7. The Morgan fingerprint density at radius 3 is 2.95 bits per heavy atom. The first kappa shape index (κ1) is 13.3. The lowest BCUT2D eigenvalue weighted by Gasteiger charge is -2.02. The van der Waals surface area contributed by atoms with Crippen LogP contribution in [0.1, 0.15) is 17.5 Å². The van der Waals surface area contributed by atoms with E-state index >= 15 is 0 Å². The first-order chi connectivity index (χ1) is 10.2. The van der Waals surface area contributed by atoms with Crippen LogP contribution in [-0.2, 0) is 4.74 Å². The number of nitrogens with zero attached hydrogens (tertiary/aromatic N) is 2. The summed E-state index contributed by atoms with van der Waals surface area (Å²) in [6.07, 6.45) is -0.812. The molecule has 1 aromatic carbocycles. The molecule has 0 aliphatic carbocycles. The Morgan fingerprint density at radius 1 is 1.38 bits per heavy atom. The third-order valence-electron chi connectivity index (χ3n) is 2.78. The molecule has 5 nitrogen and oxygen atoms in total. The van der Waals surface area contributed by atoms with Crippen LogP contribution in [0.4, 0.5) is 0 Å². The van der Waals surface area contributed by atoms with Gasteiger partial charge >= 0.3 is 5.97 Å². The first-order valence-electron chi connectivity index (χ1n) is 6.24. The summed E-state index contributed by atoms with van der Waals surface area (Å²) in [6.45, 7) is 1.50. The van der Waals surface area contributed by atoms with Crippen LogP contribution in [0.15, 0.2) is 40.8 Å². The number of carbonyl (C=O) groups is 1. The van der Waals surface area contributed by atoms with Crippen LogP contribution in [0.5, 0.6) is 0 Å². The minimum Gasteiger partial charge on any atom is -0.447 e. The highest BCUT2D eigenvalue weighted by molar-refractivity contribution is 7.21. The molecule has 0 bridgehead atoms. The van der Waals surface area contributed by atoms with Crippen molar-refractivity contribution in [2.24, 2.45) is 0 Å². The van der Waals surface area contributed by atoms with E-state index < -0.39 is 12.1 Å². The van der Waals surface area contributed by atoms with Crippen LogP contribution in [0, 0.1) is 11.3 Å². The minimum absolute atomic E-state index is 0.0614. The van der Waals surface area contributed by atoms with E-state index in [0.29, 0.717) is 10.8 Å². The summed E-state index contributed by atoms with van der Waals surface area (Å²) in [7, 11) is 0. The van der Waals surface area contributed by atoms with E-state index in [1.807, 2.05) is 30.3 Å². The zero-order valence-corrected chi connectivity index (χ0v) is 11.9. The Hall–Kier alpha value is -2.65. The lowest BCUT2D eigenvalue weighted by Crippen LogP contribution is -2.12. The van der Waals surface area contributed by atoms with E-state index in [-0.39, 0.29) is 5.76 Å². The van der Waals surface area contributed by atoms with Crippen molar-refractivity contribution in [2.45, 2.75) is 13.0 Å². The number of rotatable bonds is 3. The second kappa shape index (κ2) is 5.38. The van der Waals surface area contributed by atoms with Crippen molar-refractivity contribution in [3.8, 4) is 16.8 Å². The molecule has 3 aromatic rings. The molecule has 0 aliphatic heterocycles. The molecule has 104 valence electrons. The van der Waals surface area contributed by atoms with Crippen molar-refractivity contribution < 1.29 is 13.9 Å². The molecule has 0 unspecified atom stereocenters. The summed E-state index contributed by atoms with van der Waals surface area (Å²) in [4.78, 5) is 16.2. The van der Waals surface area contributed by atoms with Crippen LogP contribution < -0.4 is 0 Å². The molecule has 6 heteroatoms. The highest BCUT2D eigenvalue weighted by Gasteiger charge is 2.17. The van der Waals surface area contributed by atoms with E-state index in [0.717, 1.165) is 10.2 Å². The summed E-state index contributed by atoms with van der Waals surface area (Å²) < 4.78 is 11.4. The van der Waals surface area contributed by atoms with Gasteiger partial charge < -0.3 is 9.15 Å². The predicted octanol–water partition coefficient (Wildman–Crippen LogP) is 3.63. The van der Waals surface area contributed by atoms with Crippen LogP contribution in [0.3, 0.4) is 0 Å². The van der Waals surface area contributed by atoms with E-state index in [1.165, 1.54) is 24.3 Å². The van der Waals surface area contributed by atoms with Gasteiger partial charge in [0.2, 0.25) is 5.76 Å². The van der Waals surface area contributed by atoms with Gasteiger partial charge in [-0.05, 0) is 31.2 Å². The third-order valence-corrected chi connectivity index (χ3v) is 3.83. The molecule has 3 rings (SSSR count). The van der Waals surface area contributed by atoms with Gasteiger partial charge in [-0.15, -0.1) is 11.3 Å². The molecule has 0 saturated heterocycles.